The van der Waals surface area contributed by atoms with Crippen LogP contribution in [0.4, 0.5) is 4.79 Å². The molecule has 0 aromatic heterocycles. The van der Waals surface area contributed by atoms with Gasteiger partial charge in [-0.3, -0.25) is 5.21 Å². The summed E-state index contributed by atoms with van der Waals surface area (Å²) in [6.07, 6.45) is 0. The second-order valence-corrected chi connectivity index (χ2v) is 3.39. The van der Waals surface area contributed by atoms with Crippen molar-refractivity contribution < 1.29 is 24.4 Å². The Morgan fingerprint density at radius 1 is 1.75 bits per heavy atom. The molecule has 2 N–H and O–H groups in total. The summed E-state index contributed by atoms with van der Waals surface area (Å²) in [6.45, 7) is 1.73. The summed E-state index contributed by atoms with van der Waals surface area (Å²) in [7, 11) is -1.61. The zero-order valence-corrected chi connectivity index (χ0v) is 7.69. The van der Waals surface area contributed by atoms with E-state index in [1.165, 1.54) is 0 Å². The van der Waals surface area contributed by atoms with Gasteiger partial charge in [0, 0.05) is 7.05 Å². The molecule has 0 aliphatic heterocycles. The van der Waals surface area contributed by atoms with Gasteiger partial charge in [-0.25, -0.2) is 4.79 Å². The van der Waals surface area contributed by atoms with Crippen molar-refractivity contribution in [1.82, 2.24) is 5.06 Å². The first-order valence-electron chi connectivity index (χ1n) is 3.23. The Morgan fingerprint density at radius 3 is 2.58 bits per heavy atom. The minimum atomic E-state index is -2.63. The summed E-state index contributed by atoms with van der Waals surface area (Å²) < 4.78 is 15.4. The van der Waals surface area contributed by atoms with Crippen molar-refractivity contribution in [3.63, 3.8) is 0 Å². The van der Waals surface area contributed by atoms with E-state index in [1.54, 1.807) is 6.92 Å². The molecule has 0 fully saturated rings. The third kappa shape index (κ3) is 3.23. The molecule has 0 heterocycles. The highest BCUT2D eigenvalue weighted by Crippen LogP contribution is 2.29. The van der Waals surface area contributed by atoms with Crippen LogP contribution in [0.5, 0.6) is 0 Å². The molecule has 0 rings (SSSR count). The molecule has 0 aliphatic rings. The van der Waals surface area contributed by atoms with Crippen LogP contribution in [0.3, 0.4) is 0 Å². The molecular weight excluding hydrogens is 185 g/mol. The molecule has 6 nitrogen and oxygen atoms in total. The summed E-state index contributed by atoms with van der Waals surface area (Å²) in [5, 5.41) is 17.6. The van der Waals surface area contributed by atoms with Crippen molar-refractivity contribution in [2.24, 2.45) is 0 Å². The maximum absolute atomic E-state index is 10.9. The molecule has 0 saturated heterocycles. The largest absolute Gasteiger partial charge is 0.504 e. The Bertz CT molecular complexity index is 183. The first-order chi connectivity index (χ1) is 5.50. The number of hydroxylamine groups is 2. The normalized spacial score (nSPS) is 13.8. The van der Waals surface area contributed by atoms with E-state index in [0.717, 1.165) is 7.05 Å². The highest BCUT2D eigenvalue weighted by molar-refractivity contribution is 7.63. The highest BCUT2D eigenvalue weighted by Gasteiger charge is 2.41. The van der Waals surface area contributed by atoms with Gasteiger partial charge >= 0.3 is 19.5 Å². The Morgan fingerprint density at radius 2 is 2.25 bits per heavy atom. The van der Waals surface area contributed by atoms with Crippen LogP contribution in [-0.4, -0.2) is 40.7 Å². The summed E-state index contributed by atoms with van der Waals surface area (Å²) in [6, 6.07) is -1.65. The van der Waals surface area contributed by atoms with Crippen molar-refractivity contribution >= 4 is 13.4 Å². The van der Waals surface area contributed by atoms with Gasteiger partial charge in [0.15, 0.2) is 0 Å². The lowest BCUT2D eigenvalue weighted by Crippen LogP contribution is -2.21. The van der Waals surface area contributed by atoms with Crippen LogP contribution < -0.4 is 0 Å². The average molecular weight is 196 g/mol. The van der Waals surface area contributed by atoms with Gasteiger partial charge in [0.2, 0.25) is 0 Å². The number of rotatable bonds is 4. The number of aliphatic hydroxyl groups is 1. The standard InChI is InChI=1S/C5H11NO5P/c1-3-11-5(8)12(10)4(7)6(2)9/h5,8-9H,3H2,1-2H3/q+1. The number of carbonyl (C=O) groups is 1. The zero-order valence-electron chi connectivity index (χ0n) is 6.80. The molecule has 1 amide bonds. The van der Waals surface area contributed by atoms with Crippen LogP contribution >= 0.6 is 7.80 Å². The lowest BCUT2D eigenvalue weighted by atomic mass is 10.9. The van der Waals surface area contributed by atoms with Gasteiger partial charge in [-0.05, 0) is 6.92 Å². The molecule has 2 atom stereocenters. The molecule has 0 aliphatic carbocycles. The zero-order chi connectivity index (χ0) is 9.72. The molecule has 0 saturated carbocycles. The SMILES string of the molecule is CCOC(O)[P+](=O)C(=O)N(C)O. The molecule has 0 spiro atoms. The van der Waals surface area contributed by atoms with E-state index in [0.29, 0.717) is 0 Å². The lowest BCUT2D eigenvalue weighted by molar-refractivity contribution is -0.0364. The number of amides is 1. The monoisotopic (exact) mass is 196 g/mol. The molecule has 70 valence electrons. The molecule has 0 radical (unpaired) electrons. The van der Waals surface area contributed by atoms with Crippen LogP contribution in [0.15, 0.2) is 0 Å². The third-order valence-corrected chi connectivity index (χ3v) is 2.20. The Labute approximate surface area is 70.5 Å². The Hall–Kier alpha value is -0.550. The van der Waals surface area contributed by atoms with Gasteiger partial charge in [-0.15, -0.1) is 0 Å². The summed E-state index contributed by atoms with van der Waals surface area (Å²) >= 11 is 0. The van der Waals surface area contributed by atoms with Gasteiger partial charge in [0.05, 0.1) is 6.61 Å². The van der Waals surface area contributed by atoms with Gasteiger partial charge < -0.3 is 9.84 Å². The van der Waals surface area contributed by atoms with Crippen molar-refractivity contribution in [1.29, 1.82) is 0 Å². The fourth-order valence-corrected chi connectivity index (χ4v) is 1.21. The summed E-state index contributed by atoms with van der Waals surface area (Å²) in [5.74, 6) is 0. The second-order valence-electron chi connectivity index (χ2n) is 1.91. The fourth-order valence-electron chi connectivity index (χ4n) is 0.454. The van der Waals surface area contributed by atoms with Gasteiger partial charge in [-0.2, -0.15) is 5.06 Å². The molecule has 0 bridgehead atoms. The fraction of sp³-hybridized carbons (Fsp3) is 0.800. The minimum absolute atomic E-state index is 0.144. The van der Waals surface area contributed by atoms with Crippen LogP contribution in [0.2, 0.25) is 0 Å². The van der Waals surface area contributed by atoms with Gasteiger partial charge in [0.25, 0.3) is 0 Å². The van der Waals surface area contributed by atoms with E-state index in [-0.39, 0.29) is 11.7 Å². The third-order valence-electron chi connectivity index (χ3n) is 0.982. The van der Waals surface area contributed by atoms with E-state index in [4.69, 9.17) is 10.3 Å². The maximum Gasteiger partial charge on any atom is 0.504 e. The van der Waals surface area contributed by atoms with Crippen LogP contribution in [0.1, 0.15) is 6.92 Å². The predicted molar refractivity (Wildman–Crippen MR) is 40.2 cm³/mol. The van der Waals surface area contributed by atoms with Crippen molar-refractivity contribution in [3.05, 3.63) is 0 Å². The van der Waals surface area contributed by atoms with E-state index in [1.807, 2.05) is 0 Å². The van der Waals surface area contributed by atoms with Gasteiger partial charge in [0.1, 0.15) is 0 Å². The smallest absolute Gasteiger partial charge is 0.328 e. The van der Waals surface area contributed by atoms with Crippen LogP contribution in [0, 0.1) is 0 Å². The molecule has 7 heteroatoms. The summed E-state index contributed by atoms with van der Waals surface area (Å²) in [5.41, 5.74) is -1.06. The number of nitrogens with zero attached hydrogens (tertiary/aromatic N) is 1. The Kier molecular flexibility index (Phi) is 4.92. The summed E-state index contributed by atoms with van der Waals surface area (Å²) in [4.78, 5) is 10.7. The van der Waals surface area contributed by atoms with E-state index in [2.05, 4.69) is 4.74 Å². The Balaban J connectivity index is 4.10. The molecular formula is C5H11NO5P+. The first-order valence-corrected chi connectivity index (χ1v) is 4.56. The maximum atomic E-state index is 10.9. The van der Waals surface area contributed by atoms with E-state index >= 15 is 0 Å². The minimum Gasteiger partial charge on any atom is -0.328 e. The number of hydrogen-bond acceptors (Lipinski definition) is 5. The predicted octanol–water partition coefficient (Wildman–Crippen LogP) is 0.567. The van der Waals surface area contributed by atoms with Gasteiger partial charge in [-0.1, -0.05) is 4.57 Å². The lowest BCUT2D eigenvalue weighted by Gasteiger charge is -2.01. The quantitative estimate of drug-likeness (QED) is 0.297. The van der Waals surface area contributed by atoms with E-state index < -0.39 is 19.5 Å². The van der Waals surface area contributed by atoms with Crippen molar-refractivity contribution in [3.8, 4) is 0 Å². The molecule has 0 aromatic carbocycles. The van der Waals surface area contributed by atoms with E-state index in [9.17, 15) is 9.36 Å². The number of carbonyl (C=O) groups excluding carboxylic acids is 1. The van der Waals surface area contributed by atoms with Crippen molar-refractivity contribution in [2.45, 2.75) is 13.0 Å². The highest BCUT2D eigenvalue weighted by atomic mass is 31.1. The van der Waals surface area contributed by atoms with Crippen LogP contribution in [0.25, 0.3) is 0 Å². The van der Waals surface area contributed by atoms with Crippen LogP contribution in [-0.2, 0) is 9.30 Å². The topological polar surface area (TPSA) is 87.1 Å². The van der Waals surface area contributed by atoms with Crippen molar-refractivity contribution in [2.75, 3.05) is 13.7 Å². The number of hydrogen-bond donors (Lipinski definition) is 2. The molecule has 12 heavy (non-hydrogen) atoms. The average Bonchev–Trinajstić information content (AvgIpc) is 2.02. The molecule has 2 unspecified atom stereocenters. The number of aliphatic hydroxyl groups excluding tert-OH is 1. The first kappa shape index (κ1) is 11.4. The number of ether oxygens (including phenoxy) is 1. The molecule has 0 aromatic rings. The second kappa shape index (κ2) is 5.16.